The van der Waals surface area contributed by atoms with E-state index < -0.39 is 12.1 Å². The molecule has 0 aromatic carbocycles. The lowest BCUT2D eigenvalue weighted by atomic mass is 10.2. The zero-order chi connectivity index (χ0) is 18.8. The van der Waals surface area contributed by atoms with E-state index in [0.717, 1.165) is 49.8 Å². The van der Waals surface area contributed by atoms with Crippen molar-refractivity contribution in [2.45, 2.75) is 51.4 Å². The van der Waals surface area contributed by atoms with Crippen molar-refractivity contribution in [3.8, 4) is 0 Å². The molecule has 4 amide bonds. The van der Waals surface area contributed by atoms with Gasteiger partial charge in [0.2, 0.25) is 12.2 Å². The summed E-state index contributed by atoms with van der Waals surface area (Å²) < 4.78 is 0. The molecule has 0 aromatic heterocycles. The van der Waals surface area contributed by atoms with Crippen LogP contribution in [-0.2, 0) is 9.59 Å². The van der Waals surface area contributed by atoms with E-state index in [0.29, 0.717) is 26.1 Å². The fourth-order valence-corrected chi connectivity index (χ4v) is 2.18. The van der Waals surface area contributed by atoms with Gasteiger partial charge in [-0.1, -0.05) is 25.7 Å². The van der Waals surface area contributed by atoms with E-state index in [9.17, 15) is 19.2 Å². The number of primary amides is 1. The maximum Gasteiger partial charge on any atom is 0.325 e. The number of carbonyl (C=O) groups excluding carboxylic acids is 4. The molecule has 0 aromatic rings. The highest BCUT2D eigenvalue weighted by atomic mass is 16.2. The average Bonchev–Trinajstić information content (AvgIpc) is 2.59. The minimum Gasteiger partial charge on any atom is -0.351 e. The van der Waals surface area contributed by atoms with E-state index in [-0.39, 0.29) is 6.54 Å². The number of amides is 4. The molecule has 0 bridgehead atoms. The Morgan fingerprint density at radius 1 is 0.840 bits per heavy atom. The third kappa shape index (κ3) is 13.6. The summed E-state index contributed by atoms with van der Waals surface area (Å²) in [7, 11) is 0. The van der Waals surface area contributed by atoms with Crippen LogP contribution in [0.1, 0.15) is 51.4 Å². The molecule has 140 valence electrons. The Kier molecular flexibility index (Phi) is 14.7. The molecule has 0 rings (SSSR count). The summed E-state index contributed by atoms with van der Waals surface area (Å²) in [4.78, 5) is 51.0. The van der Waals surface area contributed by atoms with Gasteiger partial charge in [0.25, 0.3) is 0 Å². The number of aliphatic imine (C=N–C) groups is 2. The van der Waals surface area contributed by atoms with Crippen LogP contribution in [0.5, 0.6) is 0 Å². The van der Waals surface area contributed by atoms with Gasteiger partial charge in [0.1, 0.15) is 0 Å². The van der Waals surface area contributed by atoms with Gasteiger partial charge in [-0.25, -0.2) is 34.1 Å². The van der Waals surface area contributed by atoms with Crippen LogP contribution in [0.25, 0.3) is 0 Å². The largest absolute Gasteiger partial charge is 0.351 e. The normalized spacial score (nSPS) is 9.60. The lowest BCUT2D eigenvalue weighted by molar-refractivity contribution is 0.190. The number of nitrogens with one attached hydrogen (secondary N) is 1. The van der Waals surface area contributed by atoms with Gasteiger partial charge in [0.05, 0.1) is 13.1 Å². The number of rotatable bonds is 14. The number of nitrogens with zero attached hydrogens (tertiary/aromatic N) is 3. The first-order valence-corrected chi connectivity index (χ1v) is 8.55. The van der Waals surface area contributed by atoms with Crippen LogP contribution < -0.4 is 11.1 Å². The van der Waals surface area contributed by atoms with Crippen LogP contribution >= 0.6 is 0 Å². The molecule has 0 fully saturated rings. The Bertz CT molecular complexity index is 485. The van der Waals surface area contributed by atoms with Gasteiger partial charge in [-0.05, 0) is 25.7 Å². The number of imide groups is 1. The molecule has 0 spiro atoms. The molecule has 9 nitrogen and oxygen atoms in total. The molecule has 0 unspecified atom stereocenters. The fraction of sp³-hybridized carbons (Fsp3) is 0.750. The number of isocyanates is 2. The summed E-state index contributed by atoms with van der Waals surface area (Å²) in [6.07, 6.45) is 9.47. The predicted octanol–water partition coefficient (Wildman–Crippen LogP) is 1.87. The van der Waals surface area contributed by atoms with Gasteiger partial charge in [-0.15, -0.1) is 0 Å². The van der Waals surface area contributed by atoms with Crippen molar-refractivity contribution >= 4 is 24.2 Å². The van der Waals surface area contributed by atoms with Crippen molar-refractivity contribution in [1.29, 1.82) is 0 Å². The molecule has 0 radical (unpaired) electrons. The minimum atomic E-state index is -0.769. The maximum atomic E-state index is 12.0. The third-order valence-corrected chi connectivity index (χ3v) is 3.51. The molecule has 0 heterocycles. The van der Waals surface area contributed by atoms with E-state index >= 15 is 0 Å². The molecule has 0 aliphatic rings. The molecule has 3 N–H and O–H groups in total. The Balaban J connectivity index is 3.83. The molecular formula is C16H27N5O4. The van der Waals surface area contributed by atoms with Gasteiger partial charge in [-0.3, -0.25) is 0 Å². The molecular weight excluding hydrogens is 326 g/mol. The summed E-state index contributed by atoms with van der Waals surface area (Å²) in [6, 6.07) is -1.25. The van der Waals surface area contributed by atoms with E-state index in [1.165, 1.54) is 12.2 Å². The molecule has 9 heteroatoms. The predicted molar refractivity (Wildman–Crippen MR) is 92.6 cm³/mol. The fourth-order valence-electron chi connectivity index (χ4n) is 2.18. The number of urea groups is 2. The Hall–Kier alpha value is -2.50. The van der Waals surface area contributed by atoms with E-state index in [4.69, 9.17) is 5.73 Å². The second-order valence-corrected chi connectivity index (χ2v) is 5.50. The van der Waals surface area contributed by atoms with Gasteiger partial charge in [-0.2, -0.15) is 0 Å². The van der Waals surface area contributed by atoms with Crippen LogP contribution in [0.15, 0.2) is 9.98 Å². The standard InChI is InChI=1S/C16H27N5O4/c17-15(24)21(12-8-4-3-6-10-19-14-23)16(25)20-11-7-2-1-5-9-18-13-22/h1-12H2,(H2,17,24)(H,20,25). The van der Waals surface area contributed by atoms with E-state index in [2.05, 4.69) is 15.3 Å². The summed E-state index contributed by atoms with van der Waals surface area (Å²) in [6.45, 7) is 1.66. The number of carbonyl (C=O) groups is 2. The van der Waals surface area contributed by atoms with Crippen molar-refractivity contribution in [3.05, 3.63) is 0 Å². The Morgan fingerprint density at radius 3 is 1.88 bits per heavy atom. The van der Waals surface area contributed by atoms with E-state index in [1.807, 2.05) is 0 Å². The highest BCUT2D eigenvalue weighted by Gasteiger charge is 2.17. The topological polar surface area (TPSA) is 134 Å². The lowest BCUT2D eigenvalue weighted by Gasteiger charge is -2.19. The highest BCUT2D eigenvalue weighted by molar-refractivity contribution is 5.92. The second kappa shape index (κ2) is 16.4. The van der Waals surface area contributed by atoms with Crippen LogP contribution in [0.3, 0.4) is 0 Å². The number of hydrogen-bond acceptors (Lipinski definition) is 6. The second-order valence-electron chi connectivity index (χ2n) is 5.50. The third-order valence-electron chi connectivity index (χ3n) is 3.51. The van der Waals surface area contributed by atoms with Crippen molar-refractivity contribution in [2.75, 3.05) is 26.2 Å². The molecule has 25 heavy (non-hydrogen) atoms. The SMILES string of the molecule is NC(=O)N(CCCCCCN=C=O)C(=O)NCCCCCCN=C=O. The number of nitrogens with two attached hydrogens (primary N) is 1. The summed E-state index contributed by atoms with van der Waals surface area (Å²) in [5.74, 6) is 0. The molecule has 0 atom stereocenters. The van der Waals surface area contributed by atoms with Crippen LogP contribution in [0.2, 0.25) is 0 Å². The molecule has 0 aliphatic carbocycles. The minimum absolute atomic E-state index is 0.266. The summed E-state index contributed by atoms with van der Waals surface area (Å²) >= 11 is 0. The Labute approximate surface area is 147 Å². The molecule has 0 aliphatic heterocycles. The van der Waals surface area contributed by atoms with Gasteiger partial charge in [0.15, 0.2) is 0 Å². The summed E-state index contributed by atoms with van der Waals surface area (Å²) in [5, 5.41) is 2.68. The zero-order valence-electron chi connectivity index (χ0n) is 14.5. The van der Waals surface area contributed by atoms with Crippen LogP contribution in [-0.4, -0.2) is 55.3 Å². The van der Waals surface area contributed by atoms with Crippen molar-refractivity contribution in [1.82, 2.24) is 10.2 Å². The number of hydrogen-bond donors (Lipinski definition) is 2. The highest BCUT2D eigenvalue weighted by Crippen LogP contribution is 2.03. The first-order valence-electron chi connectivity index (χ1n) is 8.55. The smallest absolute Gasteiger partial charge is 0.325 e. The average molecular weight is 353 g/mol. The lowest BCUT2D eigenvalue weighted by Crippen LogP contribution is -2.47. The molecule has 0 saturated heterocycles. The Morgan fingerprint density at radius 2 is 1.36 bits per heavy atom. The van der Waals surface area contributed by atoms with Crippen molar-refractivity contribution in [3.63, 3.8) is 0 Å². The summed E-state index contributed by atoms with van der Waals surface area (Å²) in [5.41, 5.74) is 5.24. The molecule has 0 saturated carbocycles. The van der Waals surface area contributed by atoms with Gasteiger partial charge < -0.3 is 11.1 Å². The van der Waals surface area contributed by atoms with Crippen molar-refractivity contribution < 1.29 is 19.2 Å². The van der Waals surface area contributed by atoms with Gasteiger partial charge >= 0.3 is 12.1 Å². The monoisotopic (exact) mass is 353 g/mol. The quantitative estimate of drug-likeness (QED) is 0.280. The van der Waals surface area contributed by atoms with Crippen LogP contribution in [0.4, 0.5) is 9.59 Å². The van der Waals surface area contributed by atoms with Gasteiger partial charge in [0, 0.05) is 13.1 Å². The number of unbranched alkanes of at least 4 members (excludes halogenated alkanes) is 6. The zero-order valence-corrected chi connectivity index (χ0v) is 14.5. The van der Waals surface area contributed by atoms with Crippen LogP contribution in [0, 0.1) is 0 Å². The maximum absolute atomic E-state index is 12.0. The first kappa shape index (κ1) is 22.5. The van der Waals surface area contributed by atoms with Crippen molar-refractivity contribution in [2.24, 2.45) is 15.7 Å². The first-order chi connectivity index (χ1) is 12.1. The van der Waals surface area contributed by atoms with E-state index in [1.54, 1.807) is 0 Å².